The van der Waals surface area contributed by atoms with Crippen LogP contribution in [-0.4, -0.2) is 23.4 Å². The first-order valence-electron chi connectivity index (χ1n) is 9.49. The van der Waals surface area contributed by atoms with Crippen molar-refractivity contribution in [1.82, 2.24) is 10.3 Å². The van der Waals surface area contributed by atoms with Crippen molar-refractivity contribution in [1.29, 1.82) is 0 Å². The van der Waals surface area contributed by atoms with Crippen LogP contribution in [0.1, 0.15) is 17.7 Å². The first-order valence-corrected chi connectivity index (χ1v) is 11.0. The second-order valence-electron chi connectivity index (χ2n) is 6.53. The minimum absolute atomic E-state index is 0.567. The van der Waals surface area contributed by atoms with Gasteiger partial charge in [-0.15, -0.1) is 0 Å². The lowest BCUT2D eigenvalue weighted by Gasteiger charge is -2.13. The fourth-order valence-electron chi connectivity index (χ4n) is 3.05. The maximum Gasteiger partial charge on any atom is 0.129 e. The number of hydrogen-bond donors (Lipinski definition) is 1. The van der Waals surface area contributed by atoms with E-state index in [1.165, 1.54) is 22.3 Å². The molecule has 3 aromatic rings. The molecule has 28 heavy (non-hydrogen) atoms. The zero-order valence-electron chi connectivity index (χ0n) is 15.7. The Bertz CT molecular complexity index is 892. The van der Waals surface area contributed by atoms with Crippen molar-refractivity contribution >= 4 is 33.1 Å². The van der Waals surface area contributed by atoms with Crippen LogP contribution in [0.3, 0.4) is 0 Å². The molecule has 1 N–H and O–H groups in total. The number of nitrogens with one attached hydrogen (secondary N) is 1. The summed E-state index contributed by atoms with van der Waals surface area (Å²) in [5, 5.41) is 4.85. The Kier molecular flexibility index (Phi) is 8.28. The molecule has 1 aliphatic heterocycles. The number of benzene rings is 2. The Morgan fingerprint density at radius 3 is 2.29 bits per heavy atom. The quantitative estimate of drug-likeness (QED) is 0.363. The van der Waals surface area contributed by atoms with Crippen LogP contribution in [0.25, 0.3) is 16.7 Å². The monoisotopic (exact) mass is 454 g/mol. The number of hydrogen-bond acceptors (Lipinski definition) is 2. The van der Waals surface area contributed by atoms with Crippen molar-refractivity contribution < 1.29 is 0 Å². The van der Waals surface area contributed by atoms with E-state index in [1.807, 2.05) is 18.2 Å². The third-order valence-corrected chi connectivity index (χ3v) is 5.16. The van der Waals surface area contributed by atoms with E-state index >= 15 is 0 Å². The lowest BCUT2D eigenvalue weighted by molar-refractivity contribution is 0.737. The van der Waals surface area contributed by atoms with E-state index in [1.54, 1.807) is 6.07 Å². The van der Waals surface area contributed by atoms with Gasteiger partial charge in [0, 0.05) is 11.9 Å². The summed E-state index contributed by atoms with van der Waals surface area (Å²) in [5.74, 6) is 0. The summed E-state index contributed by atoms with van der Waals surface area (Å²) in [5.41, 5.74) is 6.25. The molecule has 1 aliphatic rings. The van der Waals surface area contributed by atoms with Gasteiger partial charge in [-0.3, -0.25) is 0 Å². The van der Waals surface area contributed by atoms with Crippen LogP contribution in [0, 0.1) is 0 Å². The lowest BCUT2D eigenvalue weighted by atomic mass is 10.0. The first-order chi connectivity index (χ1) is 13.8. The van der Waals surface area contributed by atoms with Gasteiger partial charge in [0.1, 0.15) is 5.15 Å². The standard InChI is InChI=1S/C14H13Br.C10H11ClN2/c15-11-10-12-6-8-14(9-7-12)13-4-2-1-3-5-13;11-10-3-1-2-9(13-10)8-4-6-12-7-5-8/h1-9H,10-11H2;1-4,12H,5-7H2. The highest BCUT2D eigenvalue weighted by molar-refractivity contribution is 9.09. The van der Waals surface area contributed by atoms with Gasteiger partial charge in [0.15, 0.2) is 0 Å². The summed E-state index contributed by atoms with van der Waals surface area (Å²) in [4.78, 5) is 4.27. The molecule has 2 aromatic carbocycles. The molecule has 2 nitrogen and oxygen atoms in total. The van der Waals surface area contributed by atoms with Gasteiger partial charge in [-0.05, 0) is 53.8 Å². The normalized spacial score (nSPS) is 13.3. The Balaban J connectivity index is 0.000000162. The molecule has 0 fully saturated rings. The predicted octanol–water partition coefficient (Wildman–Crippen LogP) is 6.40. The van der Waals surface area contributed by atoms with E-state index in [0.29, 0.717) is 5.15 Å². The molecule has 0 saturated heterocycles. The van der Waals surface area contributed by atoms with Gasteiger partial charge in [-0.1, -0.05) is 94.3 Å². The van der Waals surface area contributed by atoms with E-state index in [-0.39, 0.29) is 0 Å². The molecular formula is C24H24BrClN2. The van der Waals surface area contributed by atoms with Crippen LogP contribution in [-0.2, 0) is 6.42 Å². The van der Waals surface area contributed by atoms with Crippen LogP contribution in [0.5, 0.6) is 0 Å². The lowest BCUT2D eigenvalue weighted by Crippen LogP contribution is -2.20. The van der Waals surface area contributed by atoms with Crippen molar-refractivity contribution in [2.45, 2.75) is 12.8 Å². The fourth-order valence-corrected chi connectivity index (χ4v) is 3.67. The van der Waals surface area contributed by atoms with Gasteiger partial charge in [-0.2, -0.15) is 0 Å². The maximum absolute atomic E-state index is 5.81. The second-order valence-corrected chi connectivity index (χ2v) is 7.71. The zero-order valence-corrected chi connectivity index (χ0v) is 18.1. The van der Waals surface area contributed by atoms with Gasteiger partial charge < -0.3 is 5.32 Å². The number of pyridine rings is 1. The summed E-state index contributed by atoms with van der Waals surface area (Å²) >= 11 is 9.26. The zero-order chi connectivity index (χ0) is 19.6. The van der Waals surface area contributed by atoms with Gasteiger partial charge in [0.05, 0.1) is 5.69 Å². The van der Waals surface area contributed by atoms with E-state index in [9.17, 15) is 0 Å². The second kappa shape index (κ2) is 11.2. The van der Waals surface area contributed by atoms with Crippen molar-refractivity contribution in [3.63, 3.8) is 0 Å². The SMILES string of the molecule is BrCCc1ccc(-c2ccccc2)cc1.Clc1cccc(C2=CCNCC2)n1. The minimum Gasteiger partial charge on any atom is -0.313 e. The topological polar surface area (TPSA) is 24.9 Å². The number of alkyl halides is 1. The minimum atomic E-state index is 0.567. The molecular weight excluding hydrogens is 432 g/mol. The van der Waals surface area contributed by atoms with Gasteiger partial charge in [-0.25, -0.2) is 4.98 Å². The molecule has 0 amide bonds. The first kappa shape index (κ1) is 20.8. The summed E-state index contributed by atoms with van der Waals surface area (Å²) < 4.78 is 0. The van der Waals surface area contributed by atoms with Crippen molar-refractivity contribution in [3.8, 4) is 11.1 Å². The number of halogens is 2. The van der Waals surface area contributed by atoms with Crippen LogP contribution in [0.15, 0.2) is 78.9 Å². The van der Waals surface area contributed by atoms with Crippen LogP contribution < -0.4 is 5.32 Å². The molecule has 1 aromatic heterocycles. The maximum atomic E-state index is 5.81. The summed E-state index contributed by atoms with van der Waals surface area (Å²) in [7, 11) is 0. The molecule has 4 rings (SSSR count). The molecule has 4 heteroatoms. The molecule has 0 spiro atoms. The average Bonchev–Trinajstić information content (AvgIpc) is 2.76. The van der Waals surface area contributed by atoms with Crippen LogP contribution in [0.4, 0.5) is 0 Å². The van der Waals surface area contributed by atoms with Crippen molar-refractivity contribution in [2.75, 3.05) is 18.4 Å². The highest BCUT2D eigenvalue weighted by Crippen LogP contribution is 2.20. The van der Waals surface area contributed by atoms with Gasteiger partial charge in [0.2, 0.25) is 0 Å². The highest BCUT2D eigenvalue weighted by Gasteiger charge is 2.06. The fraction of sp³-hybridized carbons (Fsp3) is 0.208. The Morgan fingerprint density at radius 2 is 1.64 bits per heavy atom. The van der Waals surface area contributed by atoms with Crippen molar-refractivity contribution in [3.05, 3.63) is 95.3 Å². The summed E-state index contributed by atoms with van der Waals surface area (Å²) in [6, 6.07) is 25.0. The molecule has 0 atom stereocenters. The molecule has 2 heterocycles. The third-order valence-electron chi connectivity index (χ3n) is 4.55. The summed E-state index contributed by atoms with van der Waals surface area (Å²) in [6.07, 6.45) is 4.30. The molecule has 0 radical (unpaired) electrons. The molecule has 0 saturated carbocycles. The third kappa shape index (κ3) is 6.30. The van der Waals surface area contributed by atoms with E-state index in [4.69, 9.17) is 11.6 Å². The highest BCUT2D eigenvalue weighted by atomic mass is 79.9. The number of aryl methyl sites for hydroxylation is 1. The largest absolute Gasteiger partial charge is 0.313 e. The smallest absolute Gasteiger partial charge is 0.129 e. The Hall–Kier alpha value is -1.94. The van der Waals surface area contributed by atoms with Gasteiger partial charge in [0.25, 0.3) is 0 Å². The summed E-state index contributed by atoms with van der Waals surface area (Å²) in [6.45, 7) is 1.96. The number of nitrogens with zero attached hydrogens (tertiary/aromatic N) is 1. The number of rotatable bonds is 4. The molecule has 0 unspecified atom stereocenters. The van der Waals surface area contributed by atoms with E-state index in [2.05, 4.69) is 80.8 Å². The average molecular weight is 456 g/mol. The van der Waals surface area contributed by atoms with E-state index in [0.717, 1.165) is 37.0 Å². The molecule has 144 valence electrons. The molecule has 0 aliphatic carbocycles. The van der Waals surface area contributed by atoms with Crippen molar-refractivity contribution in [2.24, 2.45) is 0 Å². The Labute approximate surface area is 180 Å². The molecule has 0 bridgehead atoms. The predicted molar refractivity (Wildman–Crippen MR) is 124 cm³/mol. The van der Waals surface area contributed by atoms with Gasteiger partial charge >= 0.3 is 0 Å². The Morgan fingerprint density at radius 1 is 0.893 bits per heavy atom. The number of aromatic nitrogens is 1. The van der Waals surface area contributed by atoms with Crippen LogP contribution in [0.2, 0.25) is 5.15 Å². The van der Waals surface area contributed by atoms with Crippen LogP contribution >= 0.6 is 27.5 Å². The van der Waals surface area contributed by atoms with E-state index < -0.39 is 0 Å².